The first kappa shape index (κ1) is 15.9. The van der Waals surface area contributed by atoms with Crippen LogP contribution in [0, 0.1) is 23.2 Å². The fourth-order valence-corrected chi connectivity index (χ4v) is 5.16. The van der Waals surface area contributed by atoms with E-state index < -0.39 is 11.0 Å². The Morgan fingerprint density at radius 3 is 2.68 bits per heavy atom. The molecule has 0 aromatic carbocycles. The van der Waals surface area contributed by atoms with Crippen molar-refractivity contribution in [2.75, 3.05) is 6.61 Å². The number of carbonyl (C=O) groups is 2. The first-order chi connectivity index (χ1) is 10.3. The van der Waals surface area contributed by atoms with E-state index in [1.807, 2.05) is 6.92 Å². The number of ether oxygens (including phenoxy) is 1. The van der Waals surface area contributed by atoms with Gasteiger partial charge in [-0.3, -0.25) is 9.59 Å². The lowest BCUT2D eigenvalue weighted by Crippen LogP contribution is -2.65. The van der Waals surface area contributed by atoms with Gasteiger partial charge in [0.25, 0.3) is 0 Å². The molecule has 4 heteroatoms. The minimum Gasteiger partial charge on any atom is -0.386 e. The summed E-state index contributed by atoms with van der Waals surface area (Å²) in [6.45, 7) is 6.02. The van der Waals surface area contributed by atoms with Crippen LogP contribution in [0.25, 0.3) is 0 Å². The summed E-state index contributed by atoms with van der Waals surface area (Å²) in [5, 5.41) is 11.2. The molecule has 3 rings (SSSR count). The lowest BCUT2D eigenvalue weighted by molar-refractivity contribution is -0.213. The van der Waals surface area contributed by atoms with Crippen LogP contribution >= 0.6 is 0 Å². The molecule has 3 fully saturated rings. The number of aldehydes is 1. The first-order valence-electron chi connectivity index (χ1n) is 8.35. The van der Waals surface area contributed by atoms with Gasteiger partial charge in [-0.15, -0.1) is 0 Å². The predicted molar refractivity (Wildman–Crippen MR) is 82.2 cm³/mol. The third kappa shape index (κ3) is 2.04. The highest BCUT2D eigenvalue weighted by molar-refractivity contribution is 6.03. The average Bonchev–Trinajstić information content (AvgIpc) is 2.50. The Bertz CT molecular complexity index is 521. The van der Waals surface area contributed by atoms with Crippen molar-refractivity contribution in [2.24, 2.45) is 23.2 Å². The topological polar surface area (TPSA) is 63.6 Å². The molecule has 0 spiro atoms. The monoisotopic (exact) mass is 306 g/mol. The molecule has 122 valence electrons. The Morgan fingerprint density at radius 2 is 2.00 bits per heavy atom. The molecule has 22 heavy (non-hydrogen) atoms. The number of aliphatic hydroxyl groups is 1. The molecular weight excluding hydrogens is 280 g/mol. The average molecular weight is 306 g/mol. The van der Waals surface area contributed by atoms with Crippen molar-refractivity contribution in [3.8, 4) is 0 Å². The van der Waals surface area contributed by atoms with Gasteiger partial charge >= 0.3 is 0 Å². The van der Waals surface area contributed by atoms with Crippen molar-refractivity contribution in [1.29, 1.82) is 0 Å². The minimum atomic E-state index is -1.19. The van der Waals surface area contributed by atoms with E-state index in [9.17, 15) is 14.7 Å². The third-order valence-electron chi connectivity index (χ3n) is 6.65. The Labute approximate surface area is 131 Å². The van der Waals surface area contributed by atoms with Gasteiger partial charge in [-0.2, -0.15) is 0 Å². The minimum absolute atomic E-state index is 0.101. The number of allylic oxidation sites excluding steroid dienone is 1. The van der Waals surface area contributed by atoms with E-state index in [0.717, 1.165) is 25.7 Å². The molecule has 0 aromatic rings. The molecule has 2 bridgehead atoms. The Morgan fingerprint density at radius 1 is 1.27 bits per heavy atom. The molecule has 2 saturated carbocycles. The highest BCUT2D eigenvalue weighted by atomic mass is 16.5. The fraction of sp³-hybridized carbons (Fsp3) is 0.778. The first-order valence-corrected chi connectivity index (χ1v) is 8.35. The molecule has 1 saturated heterocycles. The molecule has 0 unspecified atom stereocenters. The number of rotatable bonds is 1. The van der Waals surface area contributed by atoms with Gasteiger partial charge in [-0.25, -0.2) is 0 Å². The van der Waals surface area contributed by atoms with Crippen LogP contribution in [-0.2, 0) is 14.3 Å². The number of ketones is 1. The number of fused-ring (bicyclic) bond motifs is 4. The van der Waals surface area contributed by atoms with Crippen molar-refractivity contribution < 1.29 is 19.4 Å². The predicted octanol–water partition coefficient (Wildman–Crippen LogP) is 2.29. The molecule has 1 heterocycles. The van der Waals surface area contributed by atoms with E-state index in [4.69, 9.17) is 4.74 Å². The quantitative estimate of drug-likeness (QED) is 0.596. The van der Waals surface area contributed by atoms with Crippen molar-refractivity contribution in [3.05, 3.63) is 11.6 Å². The second-order valence-corrected chi connectivity index (χ2v) is 7.83. The summed E-state index contributed by atoms with van der Waals surface area (Å²) in [4.78, 5) is 24.0. The number of Topliss-reactive ketones (excluding diaryl/α,β-unsaturated/α-hetero) is 1. The van der Waals surface area contributed by atoms with E-state index in [1.54, 1.807) is 6.92 Å². The highest BCUT2D eigenvalue weighted by Gasteiger charge is 2.65. The summed E-state index contributed by atoms with van der Waals surface area (Å²) in [6, 6.07) is 0. The van der Waals surface area contributed by atoms with E-state index in [0.29, 0.717) is 23.7 Å². The second kappa shape index (κ2) is 5.27. The third-order valence-corrected chi connectivity index (χ3v) is 6.65. The van der Waals surface area contributed by atoms with Gasteiger partial charge in [0.15, 0.2) is 5.78 Å². The van der Waals surface area contributed by atoms with E-state index >= 15 is 0 Å². The van der Waals surface area contributed by atoms with Crippen LogP contribution in [0.2, 0.25) is 0 Å². The summed E-state index contributed by atoms with van der Waals surface area (Å²) < 4.78 is 5.88. The van der Waals surface area contributed by atoms with Gasteiger partial charge in [0.05, 0.1) is 18.1 Å². The number of carbonyl (C=O) groups excluding carboxylic acids is 2. The Kier molecular flexibility index (Phi) is 3.81. The van der Waals surface area contributed by atoms with Crippen LogP contribution in [0.15, 0.2) is 11.6 Å². The largest absolute Gasteiger partial charge is 0.386 e. The molecular formula is C18H26O4. The summed E-state index contributed by atoms with van der Waals surface area (Å²) in [6.07, 6.45) is 5.57. The molecule has 0 aromatic heterocycles. The van der Waals surface area contributed by atoms with Crippen LogP contribution in [0.5, 0.6) is 0 Å². The van der Waals surface area contributed by atoms with Gasteiger partial charge < -0.3 is 9.84 Å². The molecule has 0 radical (unpaired) electrons. The maximum atomic E-state index is 13.2. The van der Waals surface area contributed by atoms with Crippen LogP contribution in [0.1, 0.15) is 46.5 Å². The molecule has 2 aliphatic carbocycles. The lowest BCUT2D eigenvalue weighted by Gasteiger charge is -2.57. The van der Waals surface area contributed by atoms with Gasteiger partial charge in [0.2, 0.25) is 0 Å². The Hall–Kier alpha value is -1.00. The van der Waals surface area contributed by atoms with Gasteiger partial charge in [0.1, 0.15) is 11.9 Å². The Balaban J connectivity index is 2.10. The van der Waals surface area contributed by atoms with E-state index in [-0.39, 0.29) is 24.4 Å². The highest BCUT2D eigenvalue weighted by Crippen LogP contribution is 2.58. The van der Waals surface area contributed by atoms with E-state index in [2.05, 4.69) is 6.92 Å². The summed E-state index contributed by atoms with van der Waals surface area (Å²) in [5.74, 6) is 1.14. The molecule has 1 N–H and O–H groups in total. The molecule has 6 atom stereocenters. The van der Waals surface area contributed by atoms with Crippen molar-refractivity contribution in [1.82, 2.24) is 0 Å². The summed E-state index contributed by atoms with van der Waals surface area (Å²) in [5.41, 5.74) is -1.66. The van der Waals surface area contributed by atoms with Crippen LogP contribution < -0.4 is 0 Å². The van der Waals surface area contributed by atoms with Crippen molar-refractivity contribution in [3.63, 3.8) is 0 Å². The smallest absolute Gasteiger partial charge is 0.170 e. The maximum absolute atomic E-state index is 13.2. The van der Waals surface area contributed by atoms with Gasteiger partial charge in [-0.05, 0) is 56.9 Å². The SMILES string of the molecule is C[C@H]1CC[C@H]2[C@H](C1)C[C@@H]1OCC(=CC=O)C(=O)[C@@]2(C)[C@]1(C)O. The molecule has 3 aliphatic rings. The second-order valence-electron chi connectivity index (χ2n) is 7.83. The van der Waals surface area contributed by atoms with Crippen molar-refractivity contribution in [2.45, 2.75) is 58.2 Å². The number of hydrogen-bond acceptors (Lipinski definition) is 4. The number of hydrogen-bond donors (Lipinski definition) is 1. The van der Waals surface area contributed by atoms with E-state index in [1.165, 1.54) is 6.08 Å². The van der Waals surface area contributed by atoms with Crippen LogP contribution in [-0.4, -0.2) is 35.5 Å². The van der Waals surface area contributed by atoms with Crippen molar-refractivity contribution >= 4 is 12.1 Å². The summed E-state index contributed by atoms with van der Waals surface area (Å²) in [7, 11) is 0. The van der Waals surface area contributed by atoms with Crippen LogP contribution in [0.3, 0.4) is 0 Å². The normalized spacial score (nSPS) is 50.4. The van der Waals surface area contributed by atoms with Crippen LogP contribution in [0.4, 0.5) is 0 Å². The maximum Gasteiger partial charge on any atom is 0.170 e. The van der Waals surface area contributed by atoms with Gasteiger partial charge in [-0.1, -0.05) is 13.3 Å². The standard InChI is InChI=1S/C18H26O4/c1-11-4-5-14-13(8-11)9-15-18(3,21)17(14,2)16(20)12(6-7-19)10-22-15/h6-7,11,13-15,21H,4-5,8-10H2,1-3H3/t11-,13+,14-,15-,17-,18+/m0/s1. The zero-order chi connectivity index (χ0) is 16.1. The molecule has 4 nitrogen and oxygen atoms in total. The lowest BCUT2D eigenvalue weighted by atomic mass is 9.49. The summed E-state index contributed by atoms with van der Waals surface area (Å²) >= 11 is 0. The molecule has 0 amide bonds. The van der Waals surface area contributed by atoms with Gasteiger partial charge in [0, 0.05) is 5.57 Å². The zero-order valence-corrected chi connectivity index (χ0v) is 13.7. The molecule has 1 aliphatic heterocycles. The zero-order valence-electron chi connectivity index (χ0n) is 13.7. The fourth-order valence-electron chi connectivity index (χ4n) is 5.16.